The van der Waals surface area contributed by atoms with Crippen molar-refractivity contribution in [1.29, 1.82) is 0 Å². The normalized spacial score (nSPS) is 9.43. The molecule has 3 nitrogen and oxygen atoms in total. The first kappa shape index (κ1) is 26.4. The third kappa shape index (κ3) is 18.1. The van der Waals surface area contributed by atoms with E-state index in [1.54, 1.807) is 5.06 Å². The van der Waals surface area contributed by atoms with Crippen LogP contribution in [0, 0.1) is 11.8 Å². The van der Waals surface area contributed by atoms with Gasteiger partial charge in [0.2, 0.25) is 0 Å². The van der Waals surface area contributed by atoms with Crippen molar-refractivity contribution in [2.24, 2.45) is 11.8 Å². The van der Waals surface area contributed by atoms with Crippen LogP contribution < -0.4 is 103 Å². The van der Waals surface area contributed by atoms with E-state index in [0.717, 1.165) is 13.1 Å². The minimum atomic E-state index is 0. The van der Waals surface area contributed by atoms with Gasteiger partial charge >= 0.3 is 103 Å². The first-order valence-corrected chi connectivity index (χ1v) is 4.12. The number of hydrogen-bond acceptors (Lipinski definition) is 3. The Labute approximate surface area is 189 Å². The Morgan fingerprint density at radius 3 is 1.50 bits per heavy atom. The van der Waals surface area contributed by atoms with Crippen molar-refractivity contribution < 1.29 is 135 Å². The monoisotopic (exact) mass is 305 g/mol. The van der Waals surface area contributed by atoms with Crippen LogP contribution in [0.25, 0.3) is 0 Å². The summed E-state index contributed by atoms with van der Waals surface area (Å²) in [6, 6.07) is 0. The standard InChI is InChI=1S/C8H19NO2.2K.Zn.2H/c1-7(2)5-9(11-10)6-8(3)4;;;;;/h7-8,10H,5-6H2,1-4H3;;;;;/q;2*+1;;2*-1. The van der Waals surface area contributed by atoms with Gasteiger partial charge in [-0.1, -0.05) is 27.7 Å². The average Bonchev–Trinajstić information content (AvgIpc) is 1.84. The smallest absolute Gasteiger partial charge is 1.00 e. The van der Waals surface area contributed by atoms with Crippen molar-refractivity contribution in [3.8, 4) is 0 Å². The number of nitrogens with zero attached hydrogens (tertiary/aromatic N) is 1. The largest absolute Gasteiger partial charge is 1.00 e. The fourth-order valence-electron chi connectivity index (χ4n) is 0.956. The van der Waals surface area contributed by atoms with E-state index in [4.69, 9.17) is 5.26 Å². The van der Waals surface area contributed by atoms with Gasteiger partial charge in [-0.3, -0.25) is 0 Å². The molecule has 0 rings (SSSR count). The summed E-state index contributed by atoms with van der Waals surface area (Å²) in [5.74, 6) is 1.03. The molecule has 0 aliphatic carbocycles. The maximum Gasteiger partial charge on any atom is 1.00 e. The second-order valence-corrected chi connectivity index (χ2v) is 3.72. The summed E-state index contributed by atoms with van der Waals surface area (Å²) in [4.78, 5) is 4.21. The molecule has 0 radical (unpaired) electrons. The summed E-state index contributed by atoms with van der Waals surface area (Å²) >= 11 is 0. The maximum atomic E-state index is 8.45. The Balaban J connectivity index is -0.0000000500. The molecule has 0 spiro atoms. The fourth-order valence-corrected chi connectivity index (χ4v) is 0.956. The molecule has 0 atom stereocenters. The predicted octanol–water partition coefficient (Wildman–Crippen LogP) is -3.76. The van der Waals surface area contributed by atoms with E-state index >= 15 is 0 Å². The number of rotatable bonds is 5. The van der Waals surface area contributed by atoms with Crippen molar-refractivity contribution in [1.82, 2.24) is 5.06 Å². The summed E-state index contributed by atoms with van der Waals surface area (Å²) in [6.45, 7) is 9.90. The molecular formula is C8H21K2NO2Zn. The Hall–Kier alpha value is 3.78. The summed E-state index contributed by atoms with van der Waals surface area (Å²) < 4.78 is 0. The van der Waals surface area contributed by atoms with Crippen LogP contribution in [0.1, 0.15) is 30.5 Å². The van der Waals surface area contributed by atoms with Crippen LogP contribution in [-0.2, 0) is 24.5 Å². The molecule has 0 fully saturated rings. The van der Waals surface area contributed by atoms with Crippen molar-refractivity contribution in [3.63, 3.8) is 0 Å². The van der Waals surface area contributed by atoms with Gasteiger partial charge < -0.3 is 2.85 Å². The van der Waals surface area contributed by atoms with Gasteiger partial charge in [0, 0.05) is 32.6 Å². The van der Waals surface area contributed by atoms with Crippen molar-refractivity contribution in [3.05, 3.63) is 0 Å². The van der Waals surface area contributed by atoms with Gasteiger partial charge in [0.1, 0.15) is 0 Å². The zero-order chi connectivity index (χ0) is 8.85. The molecule has 0 saturated heterocycles. The second-order valence-electron chi connectivity index (χ2n) is 3.72. The fraction of sp³-hybridized carbons (Fsp3) is 1.00. The van der Waals surface area contributed by atoms with Gasteiger partial charge in [0.05, 0.1) is 0 Å². The zero-order valence-corrected chi connectivity index (χ0v) is 19.8. The molecule has 0 heterocycles. The molecule has 0 aromatic rings. The van der Waals surface area contributed by atoms with E-state index in [1.807, 2.05) is 0 Å². The molecule has 0 aromatic heterocycles. The van der Waals surface area contributed by atoms with E-state index in [9.17, 15) is 0 Å². The third-order valence-electron chi connectivity index (χ3n) is 1.25. The van der Waals surface area contributed by atoms with Crippen LogP contribution in [-0.4, -0.2) is 23.4 Å². The van der Waals surface area contributed by atoms with Crippen LogP contribution in [0.4, 0.5) is 0 Å². The molecule has 14 heavy (non-hydrogen) atoms. The van der Waals surface area contributed by atoms with E-state index < -0.39 is 0 Å². The first-order valence-electron chi connectivity index (χ1n) is 4.12. The Bertz CT molecular complexity index is 106. The van der Waals surface area contributed by atoms with Crippen LogP contribution >= 0.6 is 0 Å². The third-order valence-corrected chi connectivity index (χ3v) is 1.25. The summed E-state index contributed by atoms with van der Waals surface area (Å²) in [6.07, 6.45) is 0. The first-order chi connectivity index (χ1) is 5.06. The molecule has 0 aromatic carbocycles. The topological polar surface area (TPSA) is 32.7 Å². The molecule has 74 valence electrons. The average molecular weight is 307 g/mol. The number of hydroxylamine groups is 2. The molecule has 6 heteroatoms. The Kier molecular flexibility index (Phi) is 31.6. The van der Waals surface area contributed by atoms with Gasteiger partial charge in [-0.2, -0.15) is 5.06 Å². The Morgan fingerprint density at radius 2 is 1.36 bits per heavy atom. The van der Waals surface area contributed by atoms with Gasteiger partial charge in [0.25, 0.3) is 0 Å². The van der Waals surface area contributed by atoms with Crippen LogP contribution in [0.3, 0.4) is 0 Å². The minimum absolute atomic E-state index is 0. The molecule has 0 aliphatic heterocycles. The van der Waals surface area contributed by atoms with Crippen molar-refractivity contribution >= 4 is 0 Å². The van der Waals surface area contributed by atoms with E-state index in [1.165, 1.54) is 0 Å². The van der Waals surface area contributed by atoms with Gasteiger partial charge in [-0.15, -0.1) is 4.99 Å². The number of hydrogen-bond donors (Lipinski definition) is 1. The minimum Gasteiger partial charge on any atom is -1.00 e. The summed E-state index contributed by atoms with van der Waals surface area (Å²) in [5.41, 5.74) is 0. The van der Waals surface area contributed by atoms with E-state index in [-0.39, 0.29) is 125 Å². The second kappa shape index (κ2) is 16.8. The van der Waals surface area contributed by atoms with Crippen LogP contribution in [0.15, 0.2) is 0 Å². The molecule has 0 saturated carbocycles. The van der Waals surface area contributed by atoms with Gasteiger partial charge in [-0.05, 0) is 11.8 Å². The zero-order valence-electron chi connectivity index (χ0n) is 12.6. The van der Waals surface area contributed by atoms with Crippen molar-refractivity contribution in [2.45, 2.75) is 27.7 Å². The summed E-state index contributed by atoms with van der Waals surface area (Å²) in [5, 5.41) is 10.0. The summed E-state index contributed by atoms with van der Waals surface area (Å²) in [7, 11) is 0. The predicted molar refractivity (Wildman–Crippen MR) is 47.2 cm³/mol. The van der Waals surface area contributed by atoms with Crippen molar-refractivity contribution in [2.75, 3.05) is 13.1 Å². The quantitative estimate of drug-likeness (QED) is 0.322. The van der Waals surface area contributed by atoms with Gasteiger partial charge in [0.15, 0.2) is 0 Å². The Morgan fingerprint density at radius 1 is 1.07 bits per heavy atom. The molecular weight excluding hydrogens is 286 g/mol. The molecule has 1 N–H and O–H groups in total. The molecule has 0 aliphatic rings. The SMILES string of the molecule is CC(C)CN(CC(C)C)OO.[H-].[H-].[K+].[K+].[Zn]. The molecule has 0 amide bonds. The van der Waals surface area contributed by atoms with Gasteiger partial charge in [-0.25, -0.2) is 5.26 Å². The van der Waals surface area contributed by atoms with Crippen LogP contribution in [0.5, 0.6) is 0 Å². The van der Waals surface area contributed by atoms with Crippen LogP contribution in [0.2, 0.25) is 0 Å². The molecule has 0 unspecified atom stereocenters. The van der Waals surface area contributed by atoms with E-state index in [2.05, 4.69) is 32.7 Å². The maximum absolute atomic E-state index is 8.45. The molecule has 0 bridgehead atoms. The van der Waals surface area contributed by atoms with E-state index in [0.29, 0.717) is 11.8 Å².